The van der Waals surface area contributed by atoms with Gasteiger partial charge < -0.3 is 10.2 Å². The van der Waals surface area contributed by atoms with Gasteiger partial charge in [0.2, 0.25) is 0 Å². The van der Waals surface area contributed by atoms with Crippen LogP contribution in [0.25, 0.3) is 6.08 Å². The van der Waals surface area contributed by atoms with Crippen molar-refractivity contribution in [1.82, 2.24) is 0 Å². The molecule has 1 aromatic rings. The van der Waals surface area contributed by atoms with E-state index >= 15 is 0 Å². The Bertz CT molecular complexity index is 382. The number of aliphatic carboxylic acids is 1. The third kappa shape index (κ3) is 3.13. The smallest absolute Gasteiger partial charge is 0.307 e. The van der Waals surface area contributed by atoms with Gasteiger partial charge in [0.1, 0.15) is 5.75 Å². The Kier molecular flexibility index (Phi) is 3.50. The van der Waals surface area contributed by atoms with E-state index in [-0.39, 0.29) is 12.2 Å². The fourth-order valence-electron chi connectivity index (χ4n) is 1.49. The maximum absolute atomic E-state index is 10.3. The molecule has 1 rings (SSSR count). The fraction of sp³-hybridized carbons (Fsp3) is 0.250. The van der Waals surface area contributed by atoms with E-state index in [4.69, 9.17) is 5.11 Å². The maximum atomic E-state index is 10.3. The molecule has 0 spiro atoms. The first-order valence-electron chi connectivity index (χ1n) is 4.69. The van der Waals surface area contributed by atoms with Crippen LogP contribution in [0.1, 0.15) is 23.1 Å². The van der Waals surface area contributed by atoms with Gasteiger partial charge in [-0.1, -0.05) is 12.2 Å². The van der Waals surface area contributed by atoms with Crippen molar-refractivity contribution in [1.29, 1.82) is 0 Å². The summed E-state index contributed by atoms with van der Waals surface area (Å²) in [5.74, 6) is -0.610. The molecule has 2 N–H and O–H groups in total. The Hall–Kier alpha value is -1.77. The largest absolute Gasteiger partial charge is 0.508 e. The Morgan fingerprint density at radius 1 is 1.33 bits per heavy atom. The summed E-state index contributed by atoms with van der Waals surface area (Å²) in [4.78, 5) is 10.3. The highest BCUT2D eigenvalue weighted by Gasteiger charge is 2.01. The van der Waals surface area contributed by atoms with E-state index in [1.165, 1.54) is 0 Å². The Morgan fingerprint density at radius 3 is 2.33 bits per heavy atom. The summed E-state index contributed by atoms with van der Waals surface area (Å²) >= 11 is 0. The number of carboxylic acid groups (broad SMARTS) is 1. The minimum Gasteiger partial charge on any atom is -0.508 e. The van der Waals surface area contributed by atoms with Crippen molar-refractivity contribution in [2.45, 2.75) is 20.3 Å². The number of carboxylic acids is 1. The third-order valence-corrected chi connectivity index (χ3v) is 2.16. The molecule has 0 aliphatic heterocycles. The molecule has 0 fully saturated rings. The molecule has 0 unspecified atom stereocenters. The molecule has 0 aromatic heterocycles. The predicted octanol–water partition coefficient (Wildman–Crippen LogP) is 2.50. The van der Waals surface area contributed by atoms with E-state index in [0.717, 1.165) is 16.7 Å². The molecule has 1 aromatic carbocycles. The first-order chi connectivity index (χ1) is 7.00. The topological polar surface area (TPSA) is 57.5 Å². The molecule has 3 heteroatoms. The van der Waals surface area contributed by atoms with Gasteiger partial charge in [-0.15, -0.1) is 0 Å². The lowest BCUT2D eigenvalue weighted by Crippen LogP contribution is -1.91. The summed E-state index contributed by atoms with van der Waals surface area (Å²) in [5, 5.41) is 17.8. The lowest BCUT2D eigenvalue weighted by molar-refractivity contribution is -0.135. The molecule has 0 aliphatic rings. The van der Waals surface area contributed by atoms with Gasteiger partial charge in [-0.05, 0) is 42.7 Å². The summed E-state index contributed by atoms with van der Waals surface area (Å²) < 4.78 is 0. The van der Waals surface area contributed by atoms with Gasteiger partial charge in [0, 0.05) is 0 Å². The average molecular weight is 206 g/mol. The molecular weight excluding hydrogens is 192 g/mol. The number of aromatic hydroxyl groups is 1. The van der Waals surface area contributed by atoms with Crippen molar-refractivity contribution >= 4 is 12.0 Å². The van der Waals surface area contributed by atoms with Gasteiger partial charge in [-0.2, -0.15) is 0 Å². The molecular formula is C12H14O3. The van der Waals surface area contributed by atoms with Crippen LogP contribution >= 0.6 is 0 Å². The number of phenols is 1. The van der Waals surface area contributed by atoms with E-state index in [0.29, 0.717) is 0 Å². The van der Waals surface area contributed by atoms with Gasteiger partial charge in [0.15, 0.2) is 0 Å². The number of carbonyl (C=O) groups is 1. The van der Waals surface area contributed by atoms with Gasteiger partial charge in [0.25, 0.3) is 0 Å². The van der Waals surface area contributed by atoms with Crippen molar-refractivity contribution < 1.29 is 15.0 Å². The molecule has 0 aliphatic carbocycles. The second kappa shape index (κ2) is 4.64. The minimum atomic E-state index is -0.847. The quantitative estimate of drug-likeness (QED) is 0.798. The molecule has 0 saturated heterocycles. The van der Waals surface area contributed by atoms with Gasteiger partial charge >= 0.3 is 5.97 Å². The van der Waals surface area contributed by atoms with Crippen molar-refractivity contribution in [3.8, 4) is 5.75 Å². The van der Waals surface area contributed by atoms with E-state index in [2.05, 4.69) is 0 Å². The van der Waals surface area contributed by atoms with Gasteiger partial charge in [0.05, 0.1) is 6.42 Å². The van der Waals surface area contributed by atoms with Crippen LogP contribution in [-0.4, -0.2) is 16.2 Å². The van der Waals surface area contributed by atoms with Crippen molar-refractivity contribution in [3.05, 3.63) is 34.9 Å². The number of benzene rings is 1. The number of hydrogen-bond donors (Lipinski definition) is 2. The van der Waals surface area contributed by atoms with Crippen molar-refractivity contribution in [2.75, 3.05) is 0 Å². The van der Waals surface area contributed by atoms with Gasteiger partial charge in [-0.3, -0.25) is 4.79 Å². The number of rotatable bonds is 3. The molecule has 0 radical (unpaired) electrons. The number of hydrogen-bond acceptors (Lipinski definition) is 2. The zero-order valence-corrected chi connectivity index (χ0v) is 8.82. The van der Waals surface area contributed by atoms with Crippen LogP contribution in [0.2, 0.25) is 0 Å². The molecule has 0 amide bonds. The second-order valence-corrected chi connectivity index (χ2v) is 3.49. The normalized spacial score (nSPS) is 10.8. The summed E-state index contributed by atoms with van der Waals surface area (Å²) in [6.45, 7) is 3.76. The zero-order valence-electron chi connectivity index (χ0n) is 8.82. The second-order valence-electron chi connectivity index (χ2n) is 3.49. The third-order valence-electron chi connectivity index (χ3n) is 2.16. The highest BCUT2D eigenvalue weighted by atomic mass is 16.4. The van der Waals surface area contributed by atoms with Crippen molar-refractivity contribution in [3.63, 3.8) is 0 Å². The maximum Gasteiger partial charge on any atom is 0.307 e. The molecule has 15 heavy (non-hydrogen) atoms. The number of phenolic OH excluding ortho intramolecular Hbond substituents is 1. The van der Waals surface area contributed by atoms with Crippen LogP contribution in [0.5, 0.6) is 5.75 Å². The van der Waals surface area contributed by atoms with E-state index in [9.17, 15) is 9.90 Å². The van der Waals surface area contributed by atoms with Crippen LogP contribution in [-0.2, 0) is 4.79 Å². The Morgan fingerprint density at radius 2 is 1.87 bits per heavy atom. The van der Waals surface area contributed by atoms with E-state index in [1.54, 1.807) is 24.3 Å². The molecule has 0 atom stereocenters. The van der Waals surface area contributed by atoms with E-state index < -0.39 is 5.97 Å². The molecule has 0 bridgehead atoms. The van der Waals surface area contributed by atoms with Crippen LogP contribution in [0.3, 0.4) is 0 Å². The first kappa shape index (κ1) is 11.3. The molecule has 80 valence electrons. The van der Waals surface area contributed by atoms with Gasteiger partial charge in [-0.25, -0.2) is 0 Å². The van der Waals surface area contributed by atoms with E-state index in [1.807, 2.05) is 13.8 Å². The first-order valence-corrected chi connectivity index (χ1v) is 4.69. The summed E-state index contributed by atoms with van der Waals surface area (Å²) in [5.41, 5.74) is 2.84. The lowest BCUT2D eigenvalue weighted by Gasteiger charge is -2.05. The highest BCUT2D eigenvalue weighted by molar-refractivity contribution is 5.71. The summed E-state index contributed by atoms with van der Waals surface area (Å²) in [7, 11) is 0. The molecule has 3 nitrogen and oxygen atoms in total. The summed E-state index contributed by atoms with van der Waals surface area (Å²) in [6.07, 6.45) is 3.40. The zero-order chi connectivity index (χ0) is 11.4. The fourth-order valence-corrected chi connectivity index (χ4v) is 1.49. The Labute approximate surface area is 88.7 Å². The average Bonchev–Trinajstić information content (AvgIpc) is 2.08. The molecule has 0 saturated carbocycles. The van der Waals surface area contributed by atoms with Crippen LogP contribution < -0.4 is 0 Å². The molecule has 0 heterocycles. The van der Waals surface area contributed by atoms with Crippen molar-refractivity contribution in [2.24, 2.45) is 0 Å². The van der Waals surface area contributed by atoms with Crippen LogP contribution in [0.15, 0.2) is 18.2 Å². The highest BCUT2D eigenvalue weighted by Crippen LogP contribution is 2.21. The van der Waals surface area contributed by atoms with Crippen LogP contribution in [0, 0.1) is 13.8 Å². The monoisotopic (exact) mass is 206 g/mol. The SMILES string of the molecule is Cc1cc(O)cc(C)c1C=CCC(=O)O. The standard InChI is InChI=1S/C12H14O3/c1-8-6-10(13)7-9(2)11(8)4-3-5-12(14)15/h3-4,6-7,13H,5H2,1-2H3,(H,14,15). The Balaban J connectivity index is 2.94. The predicted molar refractivity (Wildman–Crippen MR) is 58.9 cm³/mol. The van der Waals surface area contributed by atoms with Crippen LogP contribution in [0.4, 0.5) is 0 Å². The lowest BCUT2D eigenvalue weighted by atomic mass is 10.0. The minimum absolute atomic E-state index is 0.0136. The number of aryl methyl sites for hydroxylation is 2. The summed E-state index contributed by atoms with van der Waals surface area (Å²) in [6, 6.07) is 3.32.